The monoisotopic (exact) mass is 705 g/mol. The van der Waals surface area contributed by atoms with Gasteiger partial charge in [-0.15, -0.1) is 0 Å². The average Bonchev–Trinajstić information content (AvgIpc) is 2.88. The number of aromatic carboxylic acids is 2. The van der Waals surface area contributed by atoms with E-state index >= 15 is 0 Å². The molecule has 0 saturated carbocycles. The van der Waals surface area contributed by atoms with Crippen LogP contribution in [0.3, 0.4) is 0 Å². The van der Waals surface area contributed by atoms with Gasteiger partial charge in [-0.2, -0.15) is 0 Å². The summed E-state index contributed by atoms with van der Waals surface area (Å²) in [5.74, 6) is -2.54. The predicted molar refractivity (Wildman–Crippen MR) is 146 cm³/mol. The maximum atomic E-state index is 11.1. The Bertz CT molecular complexity index is 1320. The molecule has 8 nitrogen and oxygen atoms in total. The molecule has 4 aromatic rings. The molecule has 1 radical (unpaired) electrons. The number of rotatable bonds is 4. The van der Waals surface area contributed by atoms with Gasteiger partial charge >= 0.3 is 11.9 Å². The van der Waals surface area contributed by atoms with Crippen molar-refractivity contribution >= 4 is 11.9 Å². The van der Waals surface area contributed by atoms with Gasteiger partial charge in [-0.05, 0) is 12.1 Å². The molecule has 2 aromatic carbocycles. The van der Waals surface area contributed by atoms with Crippen molar-refractivity contribution in [2.24, 2.45) is 0 Å². The number of carboxylic acid groups (broad SMARTS) is 2. The Labute approximate surface area is 242 Å². The SMILES string of the molecule is CC(C)(C)c1cc(-c2ccccc2)nc(C(=O)O)n1.CC(C)(C)c1cc(-c2ccccc2)nc(C(=O)O)n1.[Ir]. The molecule has 0 saturated heterocycles. The first-order chi connectivity index (χ1) is 17.8. The molecule has 0 fully saturated rings. The largest absolute Gasteiger partial charge is 0.475 e. The second-order valence-corrected chi connectivity index (χ2v) is 10.8. The van der Waals surface area contributed by atoms with E-state index in [1.54, 1.807) is 0 Å². The summed E-state index contributed by atoms with van der Waals surface area (Å²) >= 11 is 0. The van der Waals surface area contributed by atoms with Crippen molar-refractivity contribution in [3.63, 3.8) is 0 Å². The Morgan fingerprint density at radius 3 is 1.13 bits per heavy atom. The molecular formula is C30H32IrN4O4. The van der Waals surface area contributed by atoms with Crippen LogP contribution in [0.1, 0.15) is 74.2 Å². The van der Waals surface area contributed by atoms with E-state index in [1.165, 1.54) is 0 Å². The third-order valence-electron chi connectivity index (χ3n) is 5.51. The topological polar surface area (TPSA) is 126 Å². The Kier molecular flexibility index (Phi) is 10.3. The first kappa shape index (κ1) is 31.4. The molecule has 205 valence electrons. The number of benzene rings is 2. The number of hydrogen-bond acceptors (Lipinski definition) is 6. The quantitative estimate of drug-likeness (QED) is 0.255. The molecule has 0 aliphatic heterocycles. The summed E-state index contributed by atoms with van der Waals surface area (Å²) in [6.45, 7) is 12.0. The minimum atomic E-state index is -1.11. The molecule has 0 spiro atoms. The summed E-state index contributed by atoms with van der Waals surface area (Å²) < 4.78 is 0. The summed E-state index contributed by atoms with van der Waals surface area (Å²) in [6, 6.07) is 22.7. The summed E-state index contributed by atoms with van der Waals surface area (Å²) in [5.41, 5.74) is 4.04. The van der Waals surface area contributed by atoms with Gasteiger partial charge in [-0.3, -0.25) is 0 Å². The molecular weight excluding hydrogens is 673 g/mol. The van der Waals surface area contributed by atoms with Crippen molar-refractivity contribution in [1.82, 2.24) is 19.9 Å². The van der Waals surface area contributed by atoms with E-state index in [4.69, 9.17) is 10.2 Å². The van der Waals surface area contributed by atoms with Crippen LogP contribution in [0.5, 0.6) is 0 Å². The number of nitrogens with zero attached hydrogens (tertiary/aromatic N) is 4. The minimum absolute atomic E-state index is 0. The van der Waals surface area contributed by atoms with Crippen molar-refractivity contribution < 1.29 is 39.9 Å². The maximum Gasteiger partial charge on any atom is 0.373 e. The van der Waals surface area contributed by atoms with Gasteiger partial charge in [0.15, 0.2) is 0 Å². The van der Waals surface area contributed by atoms with E-state index in [1.807, 2.05) is 114 Å². The molecule has 0 aliphatic carbocycles. The normalized spacial score (nSPS) is 11.0. The zero-order valence-electron chi connectivity index (χ0n) is 22.8. The van der Waals surface area contributed by atoms with Gasteiger partial charge in [-0.25, -0.2) is 29.5 Å². The van der Waals surface area contributed by atoms with Crippen LogP contribution in [-0.4, -0.2) is 42.1 Å². The Balaban J connectivity index is 0.000000267. The number of carboxylic acids is 2. The van der Waals surface area contributed by atoms with E-state index < -0.39 is 11.9 Å². The smallest absolute Gasteiger partial charge is 0.373 e. The molecule has 0 atom stereocenters. The molecule has 9 heteroatoms. The average molecular weight is 705 g/mol. The van der Waals surface area contributed by atoms with Crippen LogP contribution in [0, 0.1) is 0 Å². The Morgan fingerprint density at radius 1 is 0.564 bits per heavy atom. The van der Waals surface area contributed by atoms with Gasteiger partial charge in [0, 0.05) is 42.1 Å². The molecule has 2 aromatic heterocycles. The van der Waals surface area contributed by atoms with Crippen molar-refractivity contribution in [3.8, 4) is 22.5 Å². The van der Waals surface area contributed by atoms with Gasteiger partial charge in [-0.1, -0.05) is 102 Å². The number of aromatic nitrogens is 4. The van der Waals surface area contributed by atoms with Crippen LogP contribution in [0.4, 0.5) is 0 Å². The van der Waals surface area contributed by atoms with Crippen LogP contribution in [-0.2, 0) is 30.9 Å². The first-order valence-corrected chi connectivity index (χ1v) is 12.1. The first-order valence-electron chi connectivity index (χ1n) is 12.1. The van der Waals surface area contributed by atoms with Gasteiger partial charge in [0.2, 0.25) is 11.6 Å². The van der Waals surface area contributed by atoms with Gasteiger partial charge < -0.3 is 10.2 Å². The van der Waals surface area contributed by atoms with E-state index in [9.17, 15) is 9.59 Å². The second kappa shape index (κ2) is 12.8. The number of hydrogen-bond donors (Lipinski definition) is 2. The van der Waals surface area contributed by atoms with Crippen molar-refractivity contribution in [2.75, 3.05) is 0 Å². The van der Waals surface area contributed by atoms with E-state index in [0.29, 0.717) is 11.4 Å². The van der Waals surface area contributed by atoms with Gasteiger partial charge in [0.05, 0.1) is 22.8 Å². The van der Waals surface area contributed by atoms with Crippen LogP contribution in [0.15, 0.2) is 72.8 Å². The van der Waals surface area contributed by atoms with Crippen LogP contribution in [0.25, 0.3) is 22.5 Å². The van der Waals surface area contributed by atoms with Crippen molar-refractivity contribution in [3.05, 3.63) is 95.8 Å². The predicted octanol–water partition coefficient (Wildman–Crippen LogP) is 6.28. The van der Waals surface area contributed by atoms with Crippen LogP contribution >= 0.6 is 0 Å². The minimum Gasteiger partial charge on any atom is -0.475 e. The van der Waals surface area contributed by atoms with Gasteiger partial charge in [0.1, 0.15) is 0 Å². The summed E-state index contributed by atoms with van der Waals surface area (Å²) in [7, 11) is 0. The maximum absolute atomic E-state index is 11.1. The zero-order valence-corrected chi connectivity index (χ0v) is 25.2. The fourth-order valence-electron chi connectivity index (χ4n) is 3.37. The molecule has 2 N–H and O–H groups in total. The Hall–Kier alpha value is -3.81. The van der Waals surface area contributed by atoms with Crippen molar-refractivity contribution in [2.45, 2.75) is 52.4 Å². The van der Waals surface area contributed by atoms with Crippen LogP contribution < -0.4 is 0 Å². The third-order valence-corrected chi connectivity index (χ3v) is 5.51. The molecule has 0 bridgehead atoms. The molecule has 2 heterocycles. The van der Waals surface area contributed by atoms with E-state index in [2.05, 4.69) is 19.9 Å². The summed E-state index contributed by atoms with van der Waals surface area (Å²) in [5, 5.41) is 18.2. The molecule has 39 heavy (non-hydrogen) atoms. The number of carbonyl (C=O) groups is 2. The fraction of sp³-hybridized carbons (Fsp3) is 0.267. The van der Waals surface area contributed by atoms with E-state index in [0.717, 1.165) is 22.5 Å². The molecule has 0 aliphatic rings. The standard InChI is InChI=1S/2C15H16N2O2.Ir/c2*1-15(2,3)12-9-11(10-7-5-4-6-8-10)16-13(17-12)14(18)19;/h2*4-9H,1-3H3,(H,18,19);. The van der Waals surface area contributed by atoms with E-state index in [-0.39, 0.29) is 42.6 Å². The molecule has 0 unspecified atom stereocenters. The second-order valence-electron chi connectivity index (χ2n) is 10.8. The molecule has 4 rings (SSSR count). The van der Waals surface area contributed by atoms with Crippen LogP contribution in [0.2, 0.25) is 0 Å². The molecule has 0 amide bonds. The summed E-state index contributed by atoms with van der Waals surface area (Å²) in [6.07, 6.45) is 0. The van der Waals surface area contributed by atoms with Crippen molar-refractivity contribution in [1.29, 1.82) is 0 Å². The summed E-state index contributed by atoms with van der Waals surface area (Å²) in [4.78, 5) is 38.7. The zero-order chi connectivity index (χ0) is 28.1. The van der Waals surface area contributed by atoms with Gasteiger partial charge in [0.25, 0.3) is 0 Å². The Morgan fingerprint density at radius 2 is 0.872 bits per heavy atom. The third kappa shape index (κ3) is 8.60. The fourth-order valence-corrected chi connectivity index (χ4v) is 3.37.